The van der Waals surface area contributed by atoms with Crippen LogP contribution in [0.3, 0.4) is 0 Å². The first-order valence-corrected chi connectivity index (χ1v) is 6.52. The normalized spacial score (nSPS) is 21.1. The predicted octanol–water partition coefficient (Wildman–Crippen LogP) is 4.07. The largest absolute Gasteiger partial charge is 0.361 e. The molecule has 2 heteroatoms. The molecule has 1 saturated carbocycles. The first-order chi connectivity index (χ1) is 8.48. The highest BCUT2D eigenvalue weighted by molar-refractivity contribution is 5.96. The summed E-state index contributed by atoms with van der Waals surface area (Å²) in [6, 6.07) is 8.11. The summed E-state index contributed by atoms with van der Waals surface area (Å²) in [7, 11) is 0. The van der Waals surface area contributed by atoms with Crippen molar-refractivity contribution in [1.29, 1.82) is 0 Å². The first kappa shape index (κ1) is 12.9. The van der Waals surface area contributed by atoms with Crippen LogP contribution in [0.5, 0.6) is 0 Å². The van der Waals surface area contributed by atoms with E-state index in [1.54, 1.807) is 0 Å². The van der Waals surface area contributed by atoms with Gasteiger partial charge in [-0.3, -0.25) is 4.79 Å². The molecule has 1 aromatic carbocycles. The summed E-state index contributed by atoms with van der Waals surface area (Å²) < 4.78 is 0. The van der Waals surface area contributed by atoms with Crippen LogP contribution >= 0.6 is 0 Å². The molecular weight excluding hydrogens is 222 g/mol. The summed E-state index contributed by atoms with van der Waals surface area (Å²) in [6.07, 6.45) is 4.51. The highest BCUT2D eigenvalue weighted by atomic mass is 16.1. The molecule has 1 aliphatic carbocycles. The molecule has 0 bridgehead atoms. The van der Waals surface area contributed by atoms with Crippen molar-refractivity contribution in [2.24, 2.45) is 5.41 Å². The standard InChI is InChI=1S/C16H21NO/c1-12-6-4-5-7-14(12)17-11-13-8-9-16(2,3)10-15(13)18/h4-7,11,17H,8-10H2,1-3H3/b13-11+. The van der Waals surface area contributed by atoms with Crippen LogP contribution in [0.2, 0.25) is 0 Å². The number of carbonyl (C=O) groups is 1. The van der Waals surface area contributed by atoms with Crippen LogP contribution in [0.25, 0.3) is 0 Å². The van der Waals surface area contributed by atoms with Gasteiger partial charge in [-0.25, -0.2) is 0 Å². The Morgan fingerprint density at radius 1 is 1.28 bits per heavy atom. The van der Waals surface area contributed by atoms with Crippen LogP contribution in [-0.2, 0) is 4.79 Å². The average molecular weight is 243 g/mol. The van der Waals surface area contributed by atoms with E-state index in [2.05, 4.69) is 32.2 Å². The van der Waals surface area contributed by atoms with Gasteiger partial charge in [0.15, 0.2) is 5.78 Å². The molecule has 0 aliphatic heterocycles. The van der Waals surface area contributed by atoms with E-state index in [0.717, 1.165) is 24.1 Å². The van der Waals surface area contributed by atoms with Crippen molar-refractivity contribution in [1.82, 2.24) is 0 Å². The summed E-state index contributed by atoms with van der Waals surface area (Å²) in [5.41, 5.74) is 3.36. The second kappa shape index (κ2) is 4.97. The number of aryl methyl sites for hydroxylation is 1. The number of rotatable bonds is 2. The van der Waals surface area contributed by atoms with Gasteiger partial charge in [0, 0.05) is 23.9 Å². The van der Waals surface area contributed by atoms with E-state index in [1.807, 2.05) is 24.4 Å². The molecule has 0 amide bonds. The zero-order valence-electron chi connectivity index (χ0n) is 11.4. The van der Waals surface area contributed by atoms with E-state index < -0.39 is 0 Å². The number of nitrogens with one attached hydrogen (secondary N) is 1. The van der Waals surface area contributed by atoms with Crippen LogP contribution in [0.1, 0.15) is 38.7 Å². The summed E-state index contributed by atoms with van der Waals surface area (Å²) in [6.45, 7) is 6.39. The Balaban J connectivity index is 2.07. The fraction of sp³-hybridized carbons (Fsp3) is 0.438. The van der Waals surface area contributed by atoms with Crippen LogP contribution in [0, 0.1) is 12.3 Å². The molecule has 18 heavy (non-hydrogen) atoms. The number of benzene rings is 1. The monoisotopic (exact) mass is 243 g/mol. The molecule has 0 unspecified atom stereocenters. The summed E-state index contributed by atoms with van der Waals surface area (Å²) in [4.78, 5) is 12.0. The van der Waals surface area contributed by atoms with Gasteiger partial charge >= 0.3 is 0 Å². The first-order valence-electron chi connectivity index (χ1n) is 6.52. The molecule has 0 saturated heterocycles. The molecule has 0 atom stereocenters. The van der Waals surface area contributed by atoms with Crippen molar-refractivity contribution in [3.63, 3.8) is 0 Å². The SMILES string of the molecule is Cc1ccccc1N/C=C1\CCC(C)(C)CC1=O. The Morgan fingerprint density at radius 3 is 2.67 bits per heavy atom. The number of ketones is 1. The van der Waals surface area contributed by atoms with Gasteiger partial charge in [0.25, 0.3) is 0 Å². The van der Waals surface area contributed by atoms with Crippen molar-refractivity contribution in [2.75, 3.05) is 5.32 Å². The quantitative estimate of drug-likeness (QED) is 0.793. The number of hydrogen-bond acceptors (Lipinski definition) is 2. The lowest BCUT2D eigenvalue weighted by Gasteiger charge is -2.29. The van der Waals surface area contributed by atoms with Gasteiger partial charge < -0.3 is 5.32 Å². The van der Waals surface area contributed by atoms with Gasteiger partial charge in [0.2, 0.25) is 0 Å². The van der Waals surface area contributed by atoms with Crippen molar-refractivity contribution in [3.8, 4) is 0 Å². The number of carbonyl (C=O) groups excluding carboxylic acids is 1. The minimum Gasteiger partial charge on any atom is -0.361 e. The third kappa shape index (κ3) is 3.00. The molecule has 1 aromatic rings. The fourth-order valence-electron chi connectivity index (χ4n) is 2.30. The van der Waals surface area contributed by atoms with Crippen molar-refractivity contribution >= 4 is 11.5 Å². The molecule has 1 N–H and O–H groups in total. The summed E-state index contributed by atoms with van der Waals surface area (Å²) >= 11 is 0. The van der Waals surface area contributed by atoms with E-state index in [0.29, 0.717) is 6.42 Å². The van der Waals surface area contributed by atoms with Crippen LogP contribution in [0.15, 0.2) is 36.0 Å². The molecule has 1 aliphatic rings. The van der Waals surface area contributed by atoms with Gasteiger partial charge in [-0.1, -0.05) is 32.0 Å². The minimum absolute atomic E-state index is 0.164. The van der Waals surface area contributed by atoms with E-state index >= 15 is 0 Å². The van der Waals surface area contributed by atoms with Crippen LogP contribution < -0.4 is 5.32 Å². The maximum absolute atomic E-state index is 12.0. The number of para-hydroxylation sites is 1. The van der Waals surface area contributed by atoms with E-state index in [1.165, 1.54) is 5.56 Å². The second-order valence-electron chi connectivity index (χ2n) is 5.89. The lowest BCUT2D eigenvalue weighted by molar-refractivity contribution is -0.118. The zero-order chi connectivity index (χ0) is 13.2. The Morgan fingerprint density at radius 2 is 2.00 bits per heavy atom. The van der Waals surface area contributed by atoms with Crippen LogP contribution in [-0.4, -0.2) is 5.78 Å². The molecule has 96 valence electrons. The molecule has 0 radical (unpaired) electrons. The maximum Gasteiger partial charge on any atom is 0.160 e. The van der Waals surface area contributed by atoms with Gasteiger partial charge in [0.05, 0.1) is 0 Å². The van der Waals surface area contributed by atoms with Gasteiger partial charge in [-0.2, -0.15) is 0 Å². The van der Waals surface area contributed by atoms with Gasteiger partial charge in [0.1, 0.15) is 0 Å². The molecule has 2 rings (SSSR count). The maximum atomic E-state index is 12.0. The van der Waals surface area contributed by atoms with Crippen molar-refractivity contribution in [2.45, 2.75) is 40.0 Å². The molecule has 0 spiro atoms. The second-order valence-corrected chi connectivity index (χ2v) is 5.89. The highest BCUT2D eigenvalue weighted by Gasteiger charge is 2.29. The predicted molar refractivity (Wildman–Crippen MR) is 75.5 cm³/mol. The smallest absolute Gasteiger partial charge is 0.160 e. The Hall–Kier alpha value is -1.57. The number of anilines is 1. The number of hydrogen-bond donors (Lipinski definition) is 1. The molecule has 0 heterocycles. The van der Waals surface area contributed by atoms with E-state index in [4.69, 9.17) is 0 Å². The summed E-state index contributed by atoms with van der Waals surface area (Å²) in [5.74, 6) is 0.285. The van der Waals surface area contributed by atoms with Crippen molar-refractivity contribution < 1.29 is 4.79 Å². The third-order valence-electron chi connectivity index (χ3n) is 3.62. The highest BCUT2D eigenvalue weighted by Crippen LogP contribution is 2.35. The van der Waals surface area contributed by atoms with E-state index in [-0.39, 0.29) is 11.2 Å². The van der Waals surface area contributed by atoms with Gasteiger partial charge in [-0.15, -0.1) is 0 Å². The molecular formula is C16H21NO. The van der Waals surface area contributed by atoms with Crippen LogP contribution in [0.4, 0.5) is 5.69 Å². The topological polar surface area (TPSA) is 29.1 Å². The molecule has 0 aromatic heterocycles. The molecule has 1 fully saturated rings. The lowest BCUT2D eigenvalue weighted by Crippen LogP contribution is -2.24. The zero-order valence-corrected chi connectivity index (χ0v) is 11.4. The summed E-state index contributed by atoms with van der Waals surface area (Å²) in [5, 5.41) is 3.26. The average Bonchev–Trinajstić information content (AvgIpc) is 2.29. The van der Waals surface area contributed by atoms with Crippen molar-refractivity contribution in [3.05, 3.63) is 41.6 Å². The third-order valence-corrected chi connectivity index (χ3v) is 3.62. The Labute approximate surface area is 109 Å². The van der Waals surface area contributed by atoms with Gasteiger partial charge in [-0.05, 0) is 36.8 Å². The van der Waals surface area contributed by atoms with E-state index in [9.17, 15) is 4.79 Å². The lowest BCUT2D eigenvalue weighted by atomic mass is 9.75. The fourth-order valence-corrected chi connectivity index (χ4v) is 2.30. The number of Topliss-reactive ketones (excluding diaryl/α,β-unsaturated/α-hetero) is 1. The minimum atomic E-state index is 0.164. The Bertz CT molecular complexity index is 486. The Kier molecular flexibility index (Phi) is 3.55. The number of allylic oxidation sites excluding steroid dienone is 1. The molecule has 2 nitrogen and oxygen atoms in total.